The molecule has 0 aromatic heterocycles. The summed E-state index contributed by atoms with van der Waals surface area (Å²) in [7, 11) is 1.98. The molecule has 0 atom stereocenters. The van der Waals surface area contributed by atoms with Gasteiger partial charge in [0.2, 0.25) is 5.91 Å². The third-order valence-electron chi connectivity index (χ3n) is 3.60. The van der Waals surface area contributed by atoms with E-state index in [0.29, 0.717) is 6.54 Å². The fourth-order valence-corrected chi connectivity index (χ4v) is 2.60. The molecule has 1 aliphatic rings. The molecule has 0 saturated carbocycles. The molecule has 1 aromatic rings. The van der Waals surface area contributed by atoms with Gasteiger partial charge in [-0.3, -0.25) is 9.69 Å². The summed E-state index contributed by atoms with van der Waals surface area (Å²) in [6.45, 7) is 8.64. The maximum absolute atomic E-state index is 12.2. The van der Waals surface area contributed by atoms with E-state index < -0.39 is 0 Å². The van der Waals surface area contributed by atoms with Crippen LogP contribution in [-0.2, 0) is 11.3 Å². The number of amides is 1. The minimum Gasteiger partial charge on any atom is -0.491 e. The molecule has 0 aliphatic carbocycles. The van der Waals surface area contributed by atoms with Gasteiger partial charge in [-0.1, -0.05) is 12.1 Å². The quantitative estimate of drug-likeness (QED) is 0.861. The van der Waals surface area contributed by atoms with Crippen molar-refractivity contribution >= 4 is 5.91 Å². The number of nitrogens with zero attached hydrogens (tertiary/aromatic N) is 2. The second-order valence-corrected chi connectivity index (χ2v) is 6.12. The zero-order chi connectivity index (χ0) is 15.9. The Labute approximate surface area is 133 Å². The summed E-state index contributed by atoms with van der Waals surface area (Å²) in [4.78, 5) is 16.2. The molecule has 1 N–H and O–H groups in total. The lowest BCUT2D eigenvalue weighted by Crippen LogP contribution is -2.49. The van der Waals surface area contributed by atoms with E-state index in [9.17, 15) is 4.79 Å². The molecule has 0 spiro atoms. The number of likely N-dealkylation sites (N-methyl/N-ethyl adjacent to an activating group) is 1. The maximum atomic E-state index is 12.2. The molecule has 0 radical (unpaired) electrons. The van der Waals surface area contributed by atoms with E-state index >= 15 is 0 Å². The van der Waals surface area contributed by atoms with Crippen LogP contribution in [0.3, 0.4) is 0 Å². The Morgan fingerprint density at radius 3 is 2.77 bits per heavy atom. The molecular formula is C17H27N3O2. The number of benzene rings is 1. The van der Waals surface area contributed by atoms with E-state index in [1.165, 1.54) is 0 Å². The van der Waals surface area contributed by atoms with Gasteiger partial charge in [-0.2, -0.15) is 0 Å². The molecule has 5 nitrogen and oxygen atoms in total. The van der Waals surface area contributed by atoms with E-state index in [1.807, 2.05) is 44.0 Å². The monoisotopic (exact) mass is 305 g/mol. The second-order valence-electron chi connectivity index (χ2n) is 6.12. The zero-order valence-electron chi connectivity index (χ0n) is 13.8. The van der Waals surface area contributed by atoms with Gasteiger partial charge in [0.15, 0.2) is 0 Å². The van der Waals surface area contributed by atoms with Crippen molar-refractivity contribution in [2.75, 3.05) is 39.8 Å². The molecule has 0 bridgehead atoms. The molecule has 1 amide bonds. The Bertz CT molecular complexity index is 485. The van der Waals surface area contributed by atoms with Crippen LogP contribution in [0.25, 0.3) is 0 Å². The number of piperazine rings is 1. The lowest BCUT2D eigenvalue weighted by atomic mass is 10.2. The average molecular weight is 305 g/mol. The van der Waals surface area contributed by atoms with Crippen LogP contribution in [0.5, 0.6) is 5.75 Å². The molecule has 1 aliphatic heterocycles. The van der Waals surface area contributed by atoms with E-state index in [4.69, 9.17) is 4.74 Å². The molecule has 1 heterocycles. The SMILES string of the molecule is CC(C)Oc1cccc(CN(C)CC(=O)N2CCNCC2)c1. The van der Waals surface area contributed by atoms with Gasteiger partial charge in [0.1, 0.15) is 5.75 Å². The Balaban J connectivity index is 1.85. The van der Waals surface area contributed by atoms with E-state index in [-0.39, 0.29) is 12.0 Å². The predicted molar refractivity (Wildman–Crippen MR) is 88.0 cm³/mol. The molecule has 1 aromatic carbocycles. The summed E-state index contributed by atoms with van der Waals surface area (Å²) in [5, 5.41) is 3.26. The first kappa shape index (κ1) is 16.8. The molecule has 1 saturated heterocycles. The largest absolute Gasteiger partial charge is 0.491 e. The maximum Gasteiger partial charge on any atom is 0.236 e. The summed E-state index contributed by atoms with van der Waals surface area (Å²) in [5.74, 6) is 1.09. The van der Waals surface area contributed by atoms with Gasteiger partial charge >= 0.3 is 0 Å². The number of nitrogens with one attached hydrogen (secondary N) is 1. The molecule has 2 rings (SSSR count). The van der Waals surface area contributed by atoms with Crippen molar-refractivity contribution < 1.29 is 9.53 Å². The summed E-state index contributed by atoms with van der Waals surface area (Å²) in [6.07, 6.45) is 0.169. The fraction of sp³-hybridized carbons (Fsp3) is 0.588. The number of rotatable bonds is 6. The molecular weight excluding hydrogens is 278 g/mol. The number of hydrogen-bond acceptors (Lipinski definition) is 4. The van der Waals surface area contributed by atoms with Crippen molar-refractivity contribution in [3.8, 4) is 5.75 Å². The molecule has 1 fully saturated rings. The minimum absolute atomic E-state index is 0.169. The van der Waals surface area contributed by atoms with Crippen molar-refractivity contribution in [1.29, 1.82) is 0 Å². The number of hydrogen-bond donors (Lipinski definition) is 1. The third kappa shape index (κ3) is 5.31. The van der Waals surface area contributed by atoms with Gasteiger partial charge in [-0.25, -0.2) is 0 Å². The van der Waals surface area contributed by atoms with Gasteiger partial charge in [0.05, 0.1) is 12.6 Å². The van der Waals surface area contributed by atoms with Gasteiger partial charge in [-0.15, -0.1) is 0 Å². The normalized spacial score (nSPS) is 15.4. The highest BCUT2D eigenvalue weighted by Gasteiger charge is 2.17. The fourth-order valence-electron chi connectivity index (χ4n) is 2.60. The Morgan fingerprint density at radius 2 is 2.09 bits per heavy atom. The van der Waals surface area contributed by atoms with Crippen LogP contribution in [0.15, 0.2) is 24.3 Å². The van der Waals surface area contributed by atoms with E-state index in [2.05, 4.69) is 16.3 Å². The topological polar surface area (TPSA) is 44.8 Å². The zero-order valence-corrected chi connectivity index (χ0v) is 13.8. The van der Waals surface area contributed by atoms with Gasteiger partial charge in [0, 0.05) is 32.7 Å². The Morgan fingerprint density at radius 1 is 1.36 bits per heavy atom. The number of carbonyl (C=O) groups excluding carboxylic acids is 1. The van der Waals surface area contributed by atoms with Crippen LogP contribution >= 0.6 is 0 Å². The van der Waals surface area contributed by atoms with Crippen LogP contribution < -0.4 is 10.1 Å². The number of ether oxygens (including phenoxy) is 1. The van der Waals surface area contributed by atoms with Crippen LogP contribution in [0.1, 0.15) is 19.4 Å². The second kappa shape index (κ2) is 8.15. The molecule has 122 valence electrons. The Hall–Kier alpha value is -1.59. The summed E-state index contributed by atoms with van der Waals surface area (Å²) in [5.41, 5.74) is 1.16. The smallest absolute Gasteiger partial charge is 0.236 e. The third-order valence-corrected chi connectivity index (χ3v) is 3.60. The van der Waals surface area contributed by atoms with Crippen molar-refractivity contribution in [2.24, 2.45) is 0 Å². The highest BCUT2D eigenvalue weighted by molar-refractivity contribution is 5.78. The van der Waals surface area contributed by atoms with Crippen molar-refractivity contribution in [3.63, 3.8) is 0 Å². The minimum atomic E-state index is 0.169. The highest BCUT2D eigenvalue weighted by atomic mass is 16.5. The lowest BCUT2D eigenvalue weighted by Gasteiger charge is -2.29. The summed E-state index contributed by atoms with van der Waals surface area (Å²) in [6, 6.07) is 8.08. The first-order chi connectivity index (χ1) is 10.5. The summed E-state index contributed by atoms with van der Waals surface area (Å²) < 4.78 is 5.71. The van der Waals surface area contributed by atoms with Gasteiger partial charge in [0.25, 0.3) is 0 Å². The van der Waals surface area contributed by atoms with Crippen LogP contribution in [0.2, 0.25) is 0 Å². The van der Waals surface area contributed by atoms with Crippen molar-refractivity contribution in [1.82, 2.24) is 15.1 Å². The van der Waals surface area contributed by atoms with Crippen LogP contribution in [0.4, 0.5) is 0 Å². The van der Waals surface area contributed by atoms with Gasteiger partial charge < -0.3 is 15.0 Å². The average Bonchev–Trinajstić information content (AvgIpc) is 2.47. The van der Waals surface area contributed by atoms with Gasteiger partial charge in [-0.05, 0) is 38.6 Å². The molecule has 0 unspecified atom stereocenters. The Kier molecular flexibility index (Phi) is 6.21. The van der Waals surface area contributed by atoms with Crippen LogP contribution in [0, 0.1) is 0 Å². The highest BCUT2D eigenvalue weighted by Crippen LogP contribution is 2.16. The predicted octanol–water partition coefficient (Wildman–Crippen LogP) is 1.34. The first-order valence-corrected chi connectivity index (χ1v) is 7.97. The summed E-state index contributed by atoms with van der Waals surface area (Å²) >= 11 is 0. The number of carbonyl (C=O) groups is 1. The first-order valence-electron chi connectivity index (χ1n) is 7.97. The van der Waals surface area contributed by atoms with E-state index in [1.54, 1.807) is 0 Å². The molecule has 22 heavy (non-hydrogen) atoms. The standard InChI is InChI=1S/C17H27N3O2/c1-14(2)22-16-6-4-5-15(11-16)12-19(3)13-17(21)20-9-7-18-8-10-20/h4-6,11,14,18H,7-10,12-13H2,1-3H3. The van der Waals surface area contributed by atoms with Crippen molar-refractivity contribution in [3.05, 3.63) is 29.8 Å². The van der Waals surface area contributed by atoms with E-state index in [0.717, 1.165) is 44.0 Å². The molecule has 5 heteroatoms. The van der Waals surface area contributed by atoms with Crippen LogP contribution in [-0.4, -0.2) is 61.6 Å². The van der Waals surface area contributed by atoms with Crippen molar-refractivity contribution in [2.45, 2.75) is 26.5 Å². The lowest BCUT2D eigenvalue weighted by molar-refractivity contribution is -0.132.